The van der Waals surface area contributed by atoms with Gasteiger partial charge in [0.1, 0.15) is 5.58 Å². The summed E-state index contributed by atoms with van der Waals surface area (Å²) in [5.41, 5.74) is 0.112. The van der Waals surface area contributed by atoms with Gasteiger partial charge < -0.3 is 4.42 Å². The summed E-state index contributed by atoms with van der Waals surface area (Å²) in [6.07, 6.45) is 1.84. The number of amides is 1. The topological polar surface area (TPSA) is 85.1 Å². The number of fused-ring (bicyclic) bond motifs is 1. The molecular weight excluding hydrogens is 310 g/mol. The van der Waals surface area contributed by atoms with E-state index in [0.29, 0.717) is 21.3 Å². The van der Waals surface area contributed by atoms with Crippen molar-refractivity contribution in [2.45, 2.75) is 5.16 Å². The molecule has 0 aliphatic heterocycles. The van der Waals surface area contributed by atoms with Gasteiger partial charge in [-0.1, -0.05) is 23.9 Å². The van der Waals surface area contributed by atoms with E-state index in [1.54, 1.807) is 24.3 Å². The minimum Gasteiger partial charge on any atom is -0.451 e. The zero-order valence-corrected chi connectivity index (χ0v) is 12.5. The number of hydrogen-bond donors (Lipinski definition) is 1. The molecule has 106 valence electrons. The maximum absolute atomic E-state index is 12.1. The molecule has 0 aliphatic rings. The fourth-order valence-electron chi connectivity index (χ4n) is 1.72. The lowest BCUT2D eigenvalue weighted by atomic mass is 10.2. The van der Waals surface area contributed by atoms with Crippen LogP contribution in [0.2, 0.25) is 0 Å². The fourth-order valence-corrected chi connectivity index (χ4v) is 2.84. The van der Waals surface area contributed by atoms with E-state index < -0.39 is 5.91 Å². The molecule has 1 N–H and O–H groups in total. The third kappa shape index (κ3) is 2.81. The SMILES string of the molecule is CSc1nsc(NC(=O)c2cc(=O)c3ccccc3o2)n1. The third-order valence-electron chi connectivity index (χ3n) is 2.67. The summed E-state index contributed by atoms with van der Waals surface area (Å²) in [6.45, 7) is 0. The van der Waals surface area contributed by atoms with Gasteiger partial charge >= 0.3 is 0 Å². The number of thioether (sulfide) groups is 1. The fraction of sp³-hybridized carbons (Fsp3) is 0.0769. The van der Waals surface area contributed by atoms with E-state index >= 15 is 0 Å². The minimum absolute atomic E-state index is 0.0559. The number of carbonyl (C=O) groups is 1. The second kappa shape index (κ2) is 5.66. The van der Waals surface area contributed by atoms with Gasteiger partial charge in [-0.25, -0.2) is 0 Å². The Hall–Kier alpha value is -2.19. The van der Waals surface area contributed by atoms with Gasteiger partial charge in [-0.3, -0.25) is 14.9 Å². The number of aromatic nitrogens is 2. The Morgan fingerprint density at radius 3 is 2.95 bits per heavy atom. The molecule has 2 aromatic heterocycles. The molecule has 3 aromatic rings. The van der Waals surface area contributed by atoms with E-state index in [2.05, 4.69) is 14.7 Å². The number of benzene rings is 1. The van der Waals surface area contributed by atoms with Crippen molar-refractivity contribution in [2.24, 2.45) is 0 Å². The zero-order valence-electron chi connectivity index (χ0n) is 10.8. The van der Waals surface area contributed by atoms with Crippen LogP contribution in [0.3, 0.4) is 0 Å². The van der Waals surface area contributed by atoms with Crippen LogP contribution in [-0.4, -0.2) is 21.5 Å². The molecule has 6 nitrogen and oxygen atoms in total. The second-order valence-corrected chi connectivity index (χ2v) is 5.54. The predicted molar refractivity (Wildman–Crippen MR) is 82.1 cm³/mol. The molecule has 21 heavy (non-hydrogen) atoms. The van der Waals surface area contributed by atoms with Gasteiger partial charge in [0.2, 0.25) is 10.3 Å². The van der Waals surface area contributed by atoms with E-state index in [9.17, 15) is 9.59 Å². The Morgan fingerprint density at radius 1 is 1.38 bits per heavy atom. The molecule has 0 spiro atoms. The molecule has 0 saturated heterocycles. The lowest BCUT2D eigenvalue weighted by Crippen LogP contribution is -2.14. The van der Waals surface area contributed by atoms with Crippen molar-refractivity contribution >= 4 is 45.3 Å². The first-order valence-corrected chi connectivity index (χ1v) is 7.89. The maximum Gasteiger partial charge on any atom is 0.293 e. The summed E-state index contributed by atoms with van der Waals surface area (Å²) in [5.74, 6) is -0.582. The Bertz CT molecular complexity index is 872. The number of para-hydroxylation sites is 1. The Labute approximate surface area is 127 Å². The molecule has 0 saturated carbocycles. The van der Waals surface area contributed by atoms with E-state index in [-0.39, 0.29) is 11.2 Å². The average Bonchev–Trinajstić information content (AvgIpc) is 2.95. The Balaban J connectivity index is 1.92. The van der Waals surface area contributed by atoms with Crippen molar-refractivity contribution in [1.82, 2.24) is 9.36 Å². The van der Waals surface area contributed by atoms with Crippen molar-refractivity contribution in [1.29, 1.82) is 0 Å². The van der Waals surface area contributed by atoms with Crippen LogP contribution in [0.25, 0.3) is 11.0 Å². The standard InChI is InChI=1S/C13H9N3O3S2/c1-20-13-15-12(21-16-13)14-11(18)10-6-8(17)7-4-2-3-5-9(7)19-10/h2-6H,1H3,(H,14,15,16,18). The molecule has 0 unspecified atom stereocenters. The van der Waals surface area contributed by atoms with Crippen LogP contribution < -0.4 is 10.7 Å². The van der Waals surface area contributed by atoms with Gasteiger partial charge in [0, 0.05) is 17.6 Å². The number of carbonyl (C=O) groups excluding carboxylic acids is 1. The van der Waals surface area contributed by atoms with Gasteiger partial charge in [0.25, 0.3) is 5.91 Å². The monoisotopic (exact) mass is 319 g/mol. The van der Waals surface area contributed by atoms with Gasteiger partial charge in [-0.15, -0.1) is 0 Å². The van der Waals surface area contributed by atoms with E-state index in [0.717, 1.165) is 11.5 Å². The summed E-state index contributed by atoms with van der Waals surface area (Å²) in [6, 6.07) is 7.95. The molecule has 8 heteroatoms. The molecule has 0 atom stereocenters. The van der Waals surface area contributed by atoms with E-state index in [1.165, 1.54) is 17.8 Å². The maximum atomic E-state index is 12.1. The van der Waals surface area contributed by atoms with E-state index in [1.807, 2.05) is 6.26 Å². The predicted octanol–water partition coefficient (Wildman–Crippen LogP) is 2.62. The normalized spacial score (nSPS) is 10.7. The Kier molecular flexibility index (Phi) is 3.72. The van der Waals surface area contributed by atoms with Crippen LogP contribution in [0.4, 0.5) is 5.13 Å². The van der Waals surface area contributed by atoms with Crippen molar-refractivity contribution in [2.75, 3.05) is 11.6 Å². The highest BCUT2D eigenvalue weighted by atomic mass is 32.2. The number of anilines is 1. The van der Waals surface area contributed by atoms with Crippen LogP contribution in [0, 0.1) is 0 Å². The molecule has 0 fully saturated rings. The van der Waals surface area contributed by atoms with Crippen LogP contribution in [0.1, 0.15) is 10.6 Å². The molecule has 0 bridgehead atoms. The van der Waals surface area contributed by atoms with Crippen LogP contribution >= 0.6 is 23.3 Å². The van der Waals surface area contributed by atoms with Gasteiger partial charge in [-0.05, 0) is 18.4 Å². The first-order valence-electron chi connectivity index (χ1n) is 5.89. The van der Waals surface area contributed by atoms with Crippen molar-refractivity contribution in [3.63, 3.8) is 0 Å². The number of hydrogen-bond acceptors (Lipinski definition) is 7. The highest BCUT2D eigenvalue weighted by molar-refractivity contribution is 7.98. The van der Waals surface area contributed by atoms with Gasteiger partial charge in [-0.2, -0.15) is 9.36 Å². The molecule has 3 rings (SSSR count). The quantitative estimate of drug-likeness (QED) is 0.747. The molecule has 0 aliphatic carbocycles. The molecule has 1 aromatic carbocycles. The first-order chi connectivity index (χ1) is 10.2. The van der Waals surface area contributed by atoms with Crippen LogP contribution in [0.15, 0.2) is 44.7 Å². The average molecular weight is 319 g/mol. The summed E-state index contributed by atoms with van der Waals surface area (Å²) in [5, 5.41) is 3.94. The summed E-state index contributed by atoms with van der Waals surface area (Å²) >= 11 is 2.45. The lowest BCUT2D eigenvalue weighted by Gasteiger charge is -2.02. The van der Waals surface area contributed by atoms with Crippen LogP contribution in [-0.2, 0) is 0 Å². The molecule has 0 radical (unpaired) electrons. The van der Waals surface area contributed by atoms with Gasteiger partial charge in [0.15, 0.2) is 11.2 Å². The van der Waals surface area contributed by atoms with Crippen LogP contribution in [0.5, 0.6) is 0 Å². The summed E-state index contributed by atoms with van der Waals surface area (Å²) < 4.78 is 9.48. The van der Waals surface area contributed by atoms with Crippen molar-refractivity contribution in [3.8, 4) is 0 Å². The van der Waals surface area contributed by atoms with Crippen molar-refractivity contribution < 1.29 is 9.21 Å². The molecular formula is C13H9N3O3S2. The van der Waals surface area contributed by atoms with Gasteiger partial charge in [0.05, 0.1) is 5.39 Å². The second-order valence-electron chi connectivity index (χ2n) is 4.01. The van der Waals surface area contributed by atoms with Crippen molar-refractivity contribution in [3.05, 3.63) is 46.3 Å². The highest BCUT2D eigenvalue weighted by Crippen LogP contribution is 2.19. The number of nitrogens with one attached hydrogen (secondary N) is 1. The molecule has 1 amide bonds. The highest BCUT2D eigenvalue weighted by Gasteiger charge is 2.14. The Morgan fingerprint density at radius 2 is 2.19 bits per heavy atom. The number of nitrogens with zero attached hydrogens (tertiary/aromatic N) is 2. The third-order valence-corrected chi connectivity index (χ3v) is 3.96. The first kappa shape index (κ1) is 13.8. The molecule has 2 heterocycles. The smallest absolute Gasteiger partial charge is 0.293 e. The minimum atomic E-state index is -0.526. The van der Waals surface area contributed by atoms with E-state index in [4.69, 9.17) is 4.42 Å². The largest absolute Gasteiger partial charge is 0.451 e. The summed E-state index contributed by atoms with van der Waals surface area (Å²) in [7, 11) is 0. The number of rotatable bonds is 3. The lowest BCUT2D eigenvalue weighted by molar-refractivity contribution is 0.0997. The zero-order chi connectivity index (χ0) is 14.8. The summed E-state index contributed by atoms with van der Waals surface area (Å²) in [4.78, 5) is 28.1.